The van der Waals surface area contributed by atoms with E-state index in [2.05, 4.69) is 21.9 Å². The molecule has 0 aliphatic carbocycles. The van der Waals surface area contributed by atoms with Gasteiger partial charge in [0.05, 0.1) is 16.8 Å². The molecule has 0 radical (unpaired) electrons. The fourth-order valence-corrected chi connectivity index (χ4v) is 2.97. The number of aryl methyl sites for hydroxylation is 1. The standard InChI is InChI=1S/C22H18F3N5O/c1-4-6-14(7-5-2)13-31-20-9-8-15(10-16(20)22(23,24)25)17-11-19-21(18(12-26)27-17)28-29-30(19)3/h4-11H,1,13H2,2-3H3/b7-5-,14-6+. The second-order valence-electron chi connectivity index (χ2n) is 6.52. The molecule has 0 fully saturated rings. The number of benzene rings is 1. The summed E-state index contributed by atoms with van der Waals surface area (Å²) in [6, 6.07) is 7.13. The first kappa shape index (κ1) is 21.8. The molecular weight excluding hydrogens is 407 g/mol. The summed E-state index contributed by atoms with van der Waals surface area (Å²) in [6.07, 6.45) is 2.03. The van der Waals surface area contributed by atoms with E-state index in [1.54, 1.807) is 38.3 Å². The molecule has 0 N–H and O–H groups in total. The molecule has 158 valence electrons. The second kappa shape index (κ2) is 8.83. The van der Waals surface area contributed by atoms with E-state index < -0.39 is 11.7 Å². The number of alkyl halides is 3. The van der Waals surface area contributed by atoms with Crippen LogP contribution < -0.4 is 4.74 Å². The van der Waals surface area contributed by atoms with Gasteiger partial charge in [-0.25, -0.2) is 9.67 Å². The number of ether oxygens (including phenoxy) is 1. The molecule has 0 bridgehead atoms. The Labute approximate surface area is 176 Å². The molecule has 2 aromatic heterocycles. The molecule has 1 aromatic carbocycles. The molecule has 0 atom stereocenters. The van der Waals surface area contributed by atoms with E-state index in [9.17, 15) is 18.4 Å². The highest BCUT2D eigenvalue weighted by Crippen LogP contribution is 2.39. The van der Waals surface area contributed by atoms with Crippen molar-refractivity contribution in [3.05, 3.63) is 72.0 Å². The zero-order valence-corrected chi connectivity index (χ0v) is 16.8. The third-order valence-corrected chi connectivity index (χ3v) is 4.39. The minimum Gasteiger partial charge on any atom is -0.488 e. The number of nitriles is 1. The monoisotopic (exact) mass is 425 g/mol. The molecule has 31 heavy (non-hydrogen) atoms. The molecule has 6 nitrogen and oxygen atoms in total. The van der Waals surface area contributed by atoms with Gasteiger partial charge in [0.2, 0.25) is 0 Å². The SMILES string of the molecule is C=C/C=C(\C=C/C)COc1ccc(-c2cc3c(nnn3C)c(C#N)n2)cc1C(F)(F)F. The highest BCUT2D eigenvalue weighted by atomic mass is 19.4. The Morgan fingerprint density at radius 1 is 1.32 bits per heavy atom. The van der Waals surface area contributed by atoms with Crippen molar-refractivity contribution in [3.63, 3.8) is 0 Å². The van der Waals surface area contributed by atoms with Crippen LogP contribution in [0.25, 0.3) is 22.3 Å². The lowest BCUT2D eigenvalue weighted by Gasteiger charge is -2.16. The lowest BCUT2D eigenvalue weighted by atomic mass is 10.0. The number of halogens is 3. The molecule has 3 aromatic rings. The van der Waals surface area contributed by atoms with Crippen molar-refractivity contribution < 1.29 is 17.9 Å². The summed E-state index contributed by atoms with van der Waals surface area (Å²) < 4.78 is 48.2. The molecule has 3 rings (SSSR count). The molecule has 0 saturated heterocycles. The lowest BCUT2D eigenvalue weighted by Crippen LogP contribution is -2.10. The number of pyridine rings is 1. The number of hydrogen-bond acceptors (Lipinski definition) is 5. The summed E-state index contributed by atoms with van der Waals surface area (Å²) in [7, 11) is 1.62. The van der Waals surface area contributed by atoms with E-state index in [0.717, 1.165) is 6.07 Å². The zero-order chi connectivity index (χ0) is 22.6. The Hall–Kier alpha value is -3.93. The van der Waals surface area contributed by atoms with Gasteiger partial charge in [-0.1, -0.05) is 36.1 Å². The van der Waals surface area contributed by atoms with Crippen LogP contribution >= 0.6 is 0 Å². The summed E-state index contributed by atoms with van der Waals surface area (Å²) in [5, 5.41) is 17.1. The number of allylic oxidation sites excluding steroid dienone is 3. The highest BCUT2D eigenvalue weighted by Gasteiger charge is 2.35. The Bertz CT molecular complexity index is 1230. The fourth-order valence-electron chi connectivity index (χ4n) is 2.97. The van der Waals surface area contributed by atoms with Gasteiger partial charge >= 0.3 is 6.18 Å². The predicted octanol–water partition coefficient (Wildman–Crippen LogP) is 4.99. The number of fused-ring (bicyclic) bond motifs is 1. The van der Waals surface area contributed by atoms with E-state index in [1.807, 2.05) is 6.07 Å². The van der Waals surface area contributed by atoms with Crippen molar-refractivity contribution in [2.45, 2.75) is 13.1 Å². The van der Waals surface area contributed by atoms with Crippen LogP contribution in [0, 0.1) is 11.3 Å². The number of aromatic nitrogens is 4. The second-order valence-corrected chi connectivity index (χ2v) is 6.52. The average Bonchev–Trinajstić information content (AvgIpc) is 3.12. The third-order valence-electron chi connectivity index (χ3n) is 4.39. The van der Waals surface area contributed by atoms with Gasteiger partial charge in [-0.3, -0.25) is 0 Å². The van der Waals surface area contributed by atoms with E-state index in [-0.39, 0.29) is 34.8 Å². The summed E-state index contributed by atoms with van der Waals surface area (Å²) in [5.74, 6) is -0.306. The van der Waals surface area contributed by atoms with Crippen LogP contribution in [0.5, 0.6) is 5.75 Å². The maximum atomic E-state index is 13.8. The van der Waals surface area contributed by atoms with E-state index in [4.69, 9.17) is 4.74 Å². The van der Waals surface area contributed by atoms with Gasteiger partial charge in [0, 0.05) is 12.6 Å². The molecular formula is C22H18F3N5O. The minimum atomic E-state index is -4.65. The van der Waals surface area contributed by atoms with Crippen molar-refractivity contribution in [2.75, 3.05) is 6.61 Å². The van der Waals surface area contributed by atoms with Gasteiger partial charge < -0.3 is 4.74 Å². The van der Waals surface area contributed by atoms with Crippen LogP contribution in [-0.4, -0.2) is 26.6 Å². The molecule has 0 aliphatic rings. The van der Waals surface area contributed by atoms with Gasteiger partial charge in [-0.15, -0.1) is 5.10 Å². The Balaban J connectivity index is 2.06. The van der Waals surface area contributed by atoms with Crippen LogP contribution in [-0.2, 0) is 13.2 Å². The fraction of sp³-hybridized carbons (Fsp3) is 0.182. The highest BCUT2D eigenvalue weighted by molar-refractivity contribution is 5.83. The maximum Gasteiger partial charge on any atom is 0.419 e. The van der Waals surface area contributed by atoms with Gasteiger partial charge in [0.15, 0.2) is 5.69 Å². The molecule has 0 spiro atoms. The van der Waals surface area contributed by atoms with Crippen molar-refractivity contribution in [1.29, 1.82) is 5.26 Å². The normalized spacial score (nSPS) is 12.3. The van der Waals surface area contributed by atoms with Gasteiger partial charge in [0.25, 0.3) is 0 Å². The smallest absolute Gasteiger partial charge is 0.419 e. The quantitative estimate of drug-likeness (QED) is 0.520. The van der Waals surface area contributed by atoms with Crippen LogP contribution in [0.4, 0.5) is 13.2 Å². The molecule has 0 aliphatic heterocycles. The predicted molar refractivity (Wildman–Crippen MR) is 110 cm³/mol. The molecule has 0 amide bonds. The first-order chi connectivity index (χ1) is 14.8. The number of hydrogen-bond donors (Lipinski definition) is 0. The summed E-state index contributed by atoms with van der Waals surface area (Å²) >= 11 is 0. The topological polar surface area (TPSA) is 76.6 Å². The van der Waals surface area contributed by atoms with E-state index in [0.29, 0.717) is 11.1 Å². The Morgan fingerprint density at radius 2 is 2.10 bits per heavy atom. The van der Waals surface area contributed by atoms with Crippen LogP contribution in [0.1, 0.15) is 18.2 Å². The summed E-state index contributed by atoms with van der Waals surface area (Å²) in [4.78, 5) is 4.16. The van der Waals surface area contributed by atoms with Crippen LogP contribution in [0.15, 0.2) is 60.7 Å². The average molecular weight is 425 g/mol. The Kier molecular flexibility index (Phi) is 6.20. The van der Waals surface area contributed by atoms with Gasteiger partial charge in [0.1, 0.15) is 23.9 Å². The molecule has 0 unspecified atom stereocenters. The number of nitrogens with zero attached hydrogens (tertiary/aromatic N) is 5. The molecule has 2 heterocycles. The zero-order valence-electron chi connectivity index (χ0n) is 16.8. The third kappa shape index (κ3) is 4.64. The number of rotatable bonds is 6. The lowest BCUT2D eigenvalue weighted by molar-refractivity contribution is -0.138. The van der Waals surface area contributed by atoms with Crippen molar-refractivity contribution in [2.24, 2.45) is 7.05 Å². The minimum absolute atomic E-state index is 0.0138. The first-order valence-electron chi connectivity index (χ1n) is 9.17. The van der Waals surface area contributed by atoms with E-state index in [1.165, 1.54) is 22.9 Å². The van der Waals surface area contributed by atoms with Crippen molar-refractivity contribution in [1.82, 2.24) is 20.0 Å². The Morgan fingerprint density at radius 3 is 2.74 bits per heavy atom. The first-order valence-corrected chi connectivity index (χ1v) is 9.17. The van der Waals surface area contributed by atoms with E-state index >= 15 is 0 Å². The summed E-state index contributed by atoms with van der Waals surface area (Å²) in [5.41, 5.74) is 0.884. The maximum absolute atomic E-state index is 13.8. The van der Waals surface area contributed by atoms with Crippen LogP contribution in [0.2, 0.25) is 0 Å². The van der Waals surface area contributed by atoms with Crippen molar-refractivity contribution >= 4 is 11.0 Å². The van der Waals surface area contributed by atoms with Gasteiger partial charge in [-0.05, 0) is 36.8 Å². The van der Waals surface area contributed by atoms with Crippen LogP contribution in [0.3, 0.4) is 0 Å². The molecule has 0 saturated carbocycles. The van der Waals surface area contributed by atoms with Crippen molar-refractivity contribution in [3.8, 4) is 23.1 Å². The largest absolute Gasteiger partial charge is 0.488 e. The van der Waals surface area contributed by atoms with Gasteiger partial charge in [-0.2, -0.15) is 18.4 Å². The molecule has 9 heteroatoms. The summed E-state index contributed by atoms with van der Waals surface area (Å²) in [6.45, 7) is 5.33.